The average molecular weight is 260 g/mol. The van der Waals surface area contributed by atoms with Gasteiger partial charge in [-0.3, -0.25) is 4.98 Å². The molecule has 0 aliphatic heterocycles. The number of pyridine rings is 1. The highest BCUT2D eigenvalue weighted by atomic mass is 16.5. The minimum Gasteiger partial charge on any atom is -0.339 e. The largest absolute Gasteiger partial charge is 0.339 e. The fraction of sp³-hybridized carbons (Fsp3) is 0.500. The summed E-state index contributed by atoms with van der Waals surface area (Å²) in [6.45, 7) is 7.28. The van der Waals surface area contributed by atoms with Gasteiger partial charge >= 0.3 is 0 Å². The third-order valence-electron chi connectivity index (χ3n) is 2.97. The Morgan fingerprint density at radius 2 is 2.26 bits per heavy atom. The van der Waals surface area contributed by atoms with Crippen LogP contribution in [0.25, 0.3) is 11.4 Å². The molecule has 0 saturated heterocycles. The molecule has 102 valence electrons. The smallest absolute Gasteiger partial charge is 0.228 e. The Labute approximate surface area is 113 Å². The van der Waals surface area contributed by atoms with Crippen molar-refractivity contribution < 1.29 is 4.52 Å². The summed E-state index contributed by atoms with van der Waals surface area (Å²) in [6.07, 6.45) is 5.39. The van der Waals surface area contributed by atoms with Crippen molar-refractivity contribution in [1.82, 2.24) is 20.4 Å². The van der Waals surface area contributed by atoms with E-state index >= 15 is 0 Å². The van der Waals surface area contributed by atoms with E-state index in [1.54, 1.807) is 12.4 Å². The van der Waals surface area contributed by atoms with Gasteiger partial charge in [-0.1, -0.05) is 12.1 Å². The number of hydrogen-bond donors (Lipinski definition) is 1. The minimum absolute atomic E-state index is 0.336. The SMILES string of the molecule is CCCNC(C)Cc1nc(-c2cnccc2C)no1. The van der Waals surface area contributed by atoms with Gasteiger partial charge in [0.1, 0.15) is 0 Å². The van der Waals surface area contributed by atoms with Gasteiger partial charge in [-0.25, -0.2) is 0 Å². The van der Waals surface area contributed by atoms with Crippen molar-refractivity contribution in [2.75, 3.05) is 6.54 Å². The first-order valence-corrected chi connectivity index (χ1v) is 6.67. The summed E-state index contributed by atoms with van der Waals surface area (Å²) in [5, 5.41) is 7.43. The molecule has 0 spiro atoms. The lowest BCUT2D eigenvalue weighted by Gasteiger charge is -2.09. The molecule has 2 rings (SSSR count). The van der Waals surface area contributed by atoms with Crippen LogP contribution in [0.2, 0.25) is 0 Å². The van der Waals surface area contributed by atoms with E-state index < -0.39 is 0 Å². The summed E-state index contributed by atoms with van der Waals surface area (Å²) in [4.78, 5) is 8.53. The average Bonchev–Trinajstić information content (AvgIpc) is 2.85. The van der Waals surface area contributed by atoms with Gasteiger partial charge < -0.3 is 9.84 Å². The lowest BCUT2D eigenvalue weighted by molar-refractivity contribution is 0.362. The summed E-state index contributed by atoms with van der Waals surface area (Å²) in [6, 6.07) is 2.28. The Hall–Kier alpha value is -1.75. The van der Waals surface area contributed by atoms with Crippen LogP contribution in [0, 0.1) is 6.92 Å². The third-order valence-corrected chi connectivity index (χ3v) is 2.97. The standard InChI is InChI=1S/C14H20N4O/c1-4-6-16-11(3)8-13-17-14(18-19-13)12-9-15-7-5-10(12)2/h5,7,9,11,16H,4,6,8H2,1-3H3. The predicted molar refractivity (Wildman–Crippen MR) is 73.7 cm³/mol. The van der Waals surface area contributed by atoms with Crippen molar-refractivity contribution in [3.63, 3.8) is 0 Å². The Morgan fingerprint density at radius 3 is 3.00 bits per heavy atom. The van der Waals surface area contributed by atoms with E-state index in [1.807, 2.05) is 13.0 Å². The minimum atomic E-state index is 0.336. The molecule has 1 atom stereocenters. The predicted octanol–water partition coefficient (Wildman–Crippen LogP) is 2.37. The highest BCUT2D eigenvalue weighted by molar-refractivity contribution is 5.57. The summed E-state index contributed by atoms with van der Waals surface area (Å²) < 4.78 is 5.30. The van der Waals surface area contributed by atoms with Gasteiger partial charge in [0.05, 0.1) is 0 Å². The van der Waals surface area contributed by atoms with E-state index in [2.05, 4.69) is 34.3 Å². The first-order chi connectivity index (χ1) is 9.20. The van der Waals surface area contributed by atoms with Gasteiger partial charge in [-0.15, -0.1) is 0 Å². The summed E-state index contributed by atoms with van der Waals surface area (Å²) >= 11 is 0. The Kier molecular flexibility index (Phi) is 4.63. The number of rotatable bonds is 6. The lowest BCUT2D eigenvalue weighted by atomic mass is 10.1. The van der Waals surface area contributed by atoms with E-state index in [9.17, 15) is 0 Å². The number of aromatic nitrogens is 3. The lowest BCUT2D eigenvalue weighted by Crippen LogP contribution is -2.28. The maximum atomic E-state index is 5.30. The molecule has 0 amide bonds. The molecule has 0 fully saturated rings. The Bertz CT molecular complexity index is 524. The molecule has 0 radical (unpaired) electrons. The van der Waals surface area contributed by atoms with Crippen LogP contribution in [0.4, 0.5) is 0 Å². The topological polar surface area (TPSA) is 63.8 Å². The molecular formula is C14H20N4O. The van der Waals surface area contributed by atoms with E-state index in [4.69, 9.17) is 4.52 Å². The zero-order valence-electron chi connectivity index (χ0n) is 11.7. The molecule has 0 bridgehead atoms. The number of nitrogens with zero attached hydrogens (tertiary/aromatic N) is 3. The summed E-state index contributed by atoms with van der Waals surface area (Å²) in [5.74, 6) is 1.28. The van der Waals surface area contributed by atoms with Gasteiger partial charge in [-0.2, -0.15) is 4.98 Å². The van der Waals surface area contributed by atoms with Crippen molar-refractivity contribution in [3.05, 3.63) is 29.9 Å². The van der Waals surface area contributed by atoms with Gasteiger partial charge in [0.25, 0.3) is 0 Å². The first kappa shape index (κ1) is 13.7. The molecule has 0 aliphatic carbocycles. The Morgan fingerprint density at radius 1 is 1.42 bits per heavy atom. The quantitative estimate of drug-likeness (QED) is 0.863. The van der Waals surface area contributed by atoms with E-state index in [0.29, 0.717) is 17.8 Å². The molecule has 1 unspecified atom stereocenters. The zero-order valence-corrected chi connectivity index (χ0v) is 11.7. The van der Waals surface area contributed by atoms with Gasteiger partial charge in [0, 0.05) is 30.4 Å². The molecule has 0 saturated carbocycles. The molecule has 5 heteroatoms. The third kappa shape index (κ3) is 3.61. The van der Waals surface area contributed by atoms with Crippen molar-refractivity contribution in [1.29, 1.82) is 0 Å². The van der Waals surface area contributed by atoms with Gasteiger partial charge in [-0.05, 0) is 38.4 Å². The van der Waals surface area contributed by atoms with Gasteiger partial charge in [0.2, 0.25) is 11.7 Å². The van der Waals surface area contributed by atoms with E-state index in [0.717, 1.165) is 30.5 Å². The van der Waals surface area contributed by atoms with Crippen LogP contribution >= 0.6 is 0 Å². The monoisotopic (exact) mass is 260 g/mol. The molecule has 2 aromatic rings. The molecular weight excluding hydrogens is 240 g/mol. The van der Waals surface area contributed by atoms with Gasteiger partial charge in [0.15, 0.2) is 0 Å². The zero-order chi connectivity index (χ0) is 13.7. The van der Waals surface area contributed by atoms with Crippen molar-refractivity contribution in [2.24, 2.45) is 0 Å². The van der Waals surface area contributed by atoms with Crippen LogP contribution in [0.3, 0.4) is 0 Å². The van der Waals surface area contributed by atoms with Crippen LogP contribution in [0.5, 0.6) is 0 Å². The van der Waals surface area contributed by atoms with Crippen molar-refractivity contribution in [3.8, 4) is 11.4 Å². The molecule has 2 aromatic heterocycles. The van der Waals surface area contributed by atoms with Crippen LogP contribution in [0.1, 0.15) is 31.7 Å². The first-order valence-electron chi connectivity index (χ1n) is 6.67. The highest BCUT2D eigenvalue weighted by Crippen LogP contribution is 2.18. The normalized spacial score (nSPS) is 12.6. The second kappa shape index (κ2) is 6.43. The fourth-order valence-corrected chi connectivity index (χ4v) is 1.87. The molecule has 1 N–H and O–H groups in total. The molecule has 5 nitrogen and oxygen atoms in total. The number of hydrogen-bond acceptors (Lipinski definition) is 5. The fourth-order valence-electron chi connectivity index (χ4n) is 1.87. The Balaban J connectivity index is 2.05. The van der Waals surface area contributed by atoms with Crippen LogP contribution in [0.15, 0.2) is 23.0 Å². The maximum absolute atomic E-state index is 5.30. The summed E-state index contributed by atoms with van der Waals surface area (Å²) in [7, 11) is 0. The molecule has 19 heavy (non-hydrogen) atoms. The molecule has 0 aromatic carbocycles. The molecule has 2 heterocycles. The number of aryl methyl sites for hydroxylation is 1. The molecule has 0 aliphatic rings. The van der Waals surface area contributed by atoms with Crippen LogP contribution in [-0.2, 0) is 6.42 Å². The second-order valence-corrected chi connectivity index (χ2v) is 4.76. The van der Waals surface area contributed by atoms with Crippen molar-refractivity contribution in [2.45, 2.75) is 39.7 Å². The highest BCUT2D eigenvalue weighted by Gasteiger charge is 2.13. The summed E-state index contributed by atoms with van der Waals surface area (Å²) in [5.41, 5.74) is 2.02. The van der Waals surface area contributed by atoms with E-state index in [-0.39, 0.29) is 0 Å². The van der Waals surface area contributed by atoms with Crippen molar-refractivity contribution >= 4 is 0 Å². The van der Waals surface area contributed by atoms with E-state index in [1.165, 1.54) is 0 Å². The van der Waals surface area contributed by atoms with Crippen LogP contribution < -0.4 is 5.32 Å². The number of nitrogens with one attached hydrogen (secondary N) is 1. The second-order valence-electron chi connectivity index (χ2n) is 4.76. The maximum Gasteiger partial charge on any atom is 0.228 e. The van der Waals surface area contributed by atoms with Crippen LogP contribution in [-0.4, -0.2) is 27.7 Å².